The third-order valence-corrected chi connectivity index (χ3v) is 3.93. The van der Waals surface area contributed by atoms with Gasteiger partial charge in [0.15, 0.2) is 5.78 Å². The minimum absolute atomic E-state index is 0.0120. The summed E-state index contributed by atoms with van der Waals surface area (Å²) in [4.78, 5) is 24.7. The lowest BCUT2D eigenvalue weighted by Gasteiger charge is -2.14. The van der Waals surface area contributed by atoms with Gasteiger partial charge in [-0.2, -0.15) is 5.26 Å². The van der Waals surface area contributed by atoms with Crippen molar-refractivity contribution in [3.05, 3.63) is 61.9 Å². The van der Waals surface area contributed by atoms with E-state index in [1.807, 2.05) is 6.07 Å². The minimum atomic E-state index is -0.590. The van der Waals surface area contributed by atoms with Gasteiger partial charge >= 0.3 is 0 Å². The van der Waals surface area contributed by atoms with Gasteiger partial charge in [0.05, 0.1) is 5.56 Å². The monoisotopic (exact) mass is 330 g/mol. The normalized spacial score (nSPS) is 10.3. The van der Waals surface area contributed by atoms with Gasteiger partial charge in [0.2, 0.25) is 5.88 Å². The summed E-state index contributed by atoms with van der Waals surface area (Å²) in [5.41, 5.74) is 0.236. The number of halogens is 1. The Bertz CT molecular complexity index is 861. The van der Waals surface area contributed by atoms with Crippen LogP contribution in [0.3, 0.4) is 0 Å². The second kappa shape index (κ2) is 6.67. The molecule has 0 aliphatic carbocycles. The molecule has 0 bridgehead atoms. The molecular weight excluding hydrogens is 316 g/mol. The van der Waals surface area contributed by atoms with E-state index in [9.17, 15) is 14.7 Å². The minimum Gasteiger partial charge on any atom is -0.494 e. The highest BCUT2D eigenvalue weighted by atomic mass is 35.5. The Kier molecular flexibility index (Phi) is 4.87. The Hall–Kier alpha value is -2.58. The summed E-state index contributed by atoms with van der Waals surface area (Å²) in [5.74, 6) is -0.756. The Morgan fingerprint density at radius 1 is 1.35 bits per heavy atom. The molecule has 0 saturated carbocycles. The maximum atomic E-state index is 12.6. The first-order valence-corrected chi connectivity index (χ1v) is 7.42. The van der Waals surface area contributed by atoms with Crippen molar-refractivity contribution in [2.24, 2.45) is 0 Å². The number of nitrogens with zero attached hydrogens (tertiary/aromatic N) is 2. The van der Waals surface area contributed by atoms with Gasteiger partial charge in [0.25, 0.3) is 5.56 Å². The van der Waals surface area contributed by atoms with Crippen molar-refractivity contribution >= 4 is 17.4 Å². The fourth-order valence-corrected chi connectivity index (χ4v) is 2.58. The number of rotatable bonds is 4. The standard InChI is InChI=1S/C17H15ClN2O3/c1-3-20-16(22)13(9-19)10(2)15(17(20)23)14(21)8-11-4-6-12(18)7-5-11/h4-7,23H,3,8H2,1-2H3. The summed E-state index contributed by atoms with van der Waals surface area (Å²) < 4.78 is 1.03. The third kappa shape index (κ3) is 3.13. The first kappa shape index (κ1) is 16.8. The van der Waals surface area contributed by atoms with Crippen LogP contribution in [0, 0.1) is 18.3 Å². The van der Waals surface area contributed by atoms with E-state index < -0.39 is 11.4 Å². The Morgan fingerprint density at radius 3 is 2.48 bits per heavy atom. The molecule has 0 saturated heterocycles. The molecule has 1 N–H and O–H groups in total. The van der Waals surface area contributed by atoms with Crippen molar-refractivity contribution in [2.45, 2.75) is 26.8 Å². The van der Waals surface area contributed by atoms with Crippen molar-refractivity contribution in [1.82, 2.24) is 4.57 Å². The van der Waals surface area contributed by atoms with Gasteiger partial charge in [0, 0.05) is 18.0 Å². The van der Waals surface area contributed by atoms with Crippen LogP contribution in [0.25, 0.3) is 0 Å². The van der Waals surface area contributed by atoms with Crippen molar-refractivity contribution in [1.29, 1.82) is 5.26 Å². The van der Waals surface area contributed by atoms with Crippen LogP contribution in [-0.4, -0.2) is 15.5 Å². The zero-order valence-corrected chi connectivity index (χ0v) is 13.5. The molecule has 5 nitrogen and oxygen atoms in total. The SMILES string of the molecule is CCn1c(O)c(C(=O)Cc2ccc(Cl)cc2)c(C)c(C#N)c1=O. The molecule has 0 unspecified atom stereocenters. The number of nitriles is 1. The largest absolute Gasteiger partial charge is 0.494 e. The van der Waals surface area contributed by atoms with Gasteiger partial charge in [-0.1, -0.05) is 23.7 Å². The molecule has 0 aliphatic rings. The highest BCUT2D eigenvalue weighted by Crippen LogP contribution is 2.23. The average molecular weight is 331 g/mol. The Morgan fingerprint density at radius 2 is 1.96 bits per heavy atom. The summed E-state index contributed by atoms with van der Waals surface area (Å²) in [7, 11) is 0. The lowest BCUT2D eigenvalue weighted by molar-refractivity contribution is 0.0988. The van der Waals surface area contributed by atoms with E-state index in [0.717, 1.165) is 10.1 Å². The Labute approximate surface area is 138 Å². The smallest absolute Gasteiger partial charge is 0.271 e. The van der Waals surface area contributed by atoms with E-state index in [2.05, 4.69) is 0 Å². The van der Waals surface area contributed by atoms with Crippen LogP contribution in [0.2, 0.25) is 5.02 Å². The topological polar surface area (TPSA) is 83.1 Å². The summed E-state index contributed by atoms with van der Waals surface area (Å²) in [6, 6.07) is 8.59. The number of Topliss-reactive ketones (excluding diaryl/α,β-unsaturated/α-hetero) is 1. The van der Waals surface area contributed by atoms with Crippen LogP contribution in [0.5, 0.6) is 5.88 Å². The highest BCUT2D eigenvalue weighted by molar-refractivity contribution is 6.30. The molecule has 0 amide bonds. The number of carbonyl (C=O) groups excluding carboxylic acids is 1. The van der Waals surface area contributed by atoms with Crippen molar-refractivity contribution in [3.8, 4) is 11.9 Å². The number of benzene rings is 1. The van der Waals surface area contributed by atoms with Gasteiger partial charge in [-0.05, 0) is 37.1 Å². The number of pyridine rings is 1. The van der Waals surface area contributed by atoms with Gasteiger partial charge < -0.3 is 5.11 Å². The van der Waals surface area contributed by atoms with Crippen LogP contribution in [-0.2, 0) is 13.0 Å². The molecule has 118 valence electrons. The van der Waals surface area contributed by atoms with Gasteiger partial charge in [-0.3, -0.25) is 14.2 Å². The zero-order chi connectivity index (χ0) is 17.1. The van der Waals surface area contributed by atoms with E-state index in [0.29, 0.717) is 5.02 Å². The molecule has 2 rings (SSSR count). The molecule has 2 aromatic rings. The van der Waals surface area contributed by atoms with E-state index in [4.69, 9.17) is 16.9 Å². The van der Waals surface area contributed by atoms with E-state index >= 15 is 0 Å². The van der Waals surface area contributed by atoms with E-state index in [-0.39, 0.29) is 35.4 Å². The lowest BCUT2D eigenvalue weighted by Crippen LogP contribution is -2.26. The number of hydrogen-bond donors (Lipinski definition) is 1. The maximum Gasteiger partial charge on any atom is 0.271 e. The van der Waals surface area contributed by atoms with Crippen LogP contribution in [0.4, 0.5) is 0 Å². The molecule has 0 radical (unpaired) electrons. The maximum absolute atomic E-state index is 12.6. The fourth-order valence-electron chi connectivity index (χ4n) is 2.45. The van der Waals surface area contributed by atoms with E-state index in [1.54, 1.807) is 31.2 Å². The van der Waals surface area contributed by atoms with Crippen LogP contribution in [0.1, 0.15) is 34.0 Å². The molecule has 0 fully saturated rings. The predicted octanol–water partition coefficient (Wildman–Crippen LogP) is 2.83. The number of ketones is 1. The molecule has 1 aromatic heterocycles. The van der Waals surface area contributed by atoms with Gasteiger partial charge in [-0.15, -0.1) is 0 Å². The van der Waals surface area contributed by atoms with Crippen molar-refractivity contribution in [2.75, 3.05) is 0 Å². The number of aromatic nitrogens is 1. The second-order valence-electron chi connectivity index (χ2n) is 5.09. The summed E-state index contributed by atoms with van der Waals surface area (Å²) in [6.45, 7) is 3.32. The molecule has 0 aliphatic heterocycles. The highest BCUT2D eigenvalue weighted by Gasteiger charge is 2.23. The van der Waals surface area contributed by atoms with Crippen molar-refractivity contribution in [3.63, 3.8) is 0 Å². The fraction of sp³-hybridized carbons (Fsp3) is 0.235. The average Bonchev–Trinajstić information content (AvgIpc) is 2.50. The first-order valence-electron chi connectivity index (χ1n) is 7.04. The summed E-state index contributed by atoms with van der Waals surface area (Å²) in [6.07, 6.45) is 0.0400. The second-order valence-corrected chi connectivity index (χ2v) is 5.52. The van der Waals surface area contributed by atoms with Crippen LogP contribution >= 0.6 is 11.6 Å². The molecule has 0 atom stereocenters. The molecule has 0 spiro atoms. The first-order chi connectivity index (χ1) is 10.9. The van der Waals surface area contributed by atoms with Crippen molar-refractivity contribution < 1.29 is 9.90 Å². The molecule has 6 heteroatoms. The zero-order valence-electron chi connectivity index (χ0n) is 12.8. The van der Waals surface area contributed by atoms with Crippen LogP contribution in [0.15, 0.2) is 29.1 Å². The van der Waals surface area contributed by atoms with E-state index in [1.165, 1.54) is 6.92 Å². The van der Waals surface area contributed by atoms with Crippen LogP contribution < -0.4 is 5.56 Å². The number of hydrogen-bond acceptors (Lipinski definition) is 4. The molecule has 1 aromatic carbocycles. The quantitative estimate of drug-likeness (QED) is 0.874. The predicted molar refractivity (Wildman–Crippen MR) is 87.0 cm³/mol. The number of aromatic hydroxyl groups is 1. The molecular formula is C17H15ClN2O3. The molecule has 23 heavy (non-hydrogen) atoms. The molecule has 1 heterocycles. The Balaban J connectivity index is 2.54. The van der Waals surface area contributed by atoms with Gasteiger partial charge in [0.1, 0.15) is 11.6 Å². The van der Waals surface area contributed by atoms with Gasteiger partial charge in [-0.25, -0.2) is 0 Å². The summed E-state index contributed by atoms with van der Waals surface area (Å²) in [5, 5.41) is 20.0. The lowest BCUT2D eigenvalue weighted by atomic mass is 9.97. The summed E-state index contributed by atoms with van der Waals surface area (Å²) >= 11 is 5.81. The number of carbonyl (C=O) groups is 1. The third-order valence-electron chi connectivity index (χ3n) is 3.67.